The number of esters is 2. The number of benzene rings is 2. The van der Waals surface area contributed by atoms with Crippen LogP contribution in [0.5, 0.6) is 0 Å². The lowest BCUT2D eigenvalue weighted by molar-refractivity contribution is -0.159. The Balaban J connectivity index is 1.80. The van der Waals surface area contributed by atoms with Crippen molar-refractivity contribution in [1.29, 1.82) is 0 Å². The molecule has 0 amide bonds. The van der Waals surface area contributed by atoms with Crippen molar-refractivity contribution in [2.75, 3.05) is 13.2 Å². The van der Waals surface area contributed by atoms with E-state index in [1.54, 1.807) is 0 Å². The number of ketones is 2. The quantitative estimate of drug-likeness (QED) is 0.117. The van der Waals surface area contributed by atoms with Gasteiger partial charge < -0.3 is 19.7 Å². The van der Waals surface area contributed by atoms with E-state index in [1.165, 1.54) is 60.7 Å². The van der Waals surface area contributed by atoms with Crippen LogP contribution in [0.15, 0.2) is 58.5 Å². The average Bonchev–Trinajstić information content (AvgIpc) is 2.85. The topological polar surface area (TPSA) is 186 Å². The van der Waals surface area contributed by atoms with Gasteiger partial charge in [-0.1, -0.05) is 0 Å². The molecule has 0 saturated heterocycles. The normalized spacial score (nSPS) is 11.7. The first-order valence-electron chi connectivity index (χ1n) is 9.42. The van der Waals surface area contributed by atoms with Crippen LogP contribution in [-0.4, -0.2) is 71.3 Å². The van der Waals surface area contributed by atoms with Crippen LogP contribution in [0.4, 0.5) is 11.4 Å². The summed E-state index contributed by atoms with van der Waals surface area (Å²) in [6.07, 6.45) is -1.68. The van der Waals surface area contributed by atoms with Gasteiger partial charge in [0.25, 0.3) is 0 Å². The van der Waals surface area contributed by atoms with Crippen molar-refractivity contribution in [2.45, 2.75) is 12.2 Å². The van der Waals surface area contributed by atoms with Crippen LogP contribution in [0.2, 0.25) is 0 Å². The molecule has 34 heavy (non-hydrogen) atoms. The van der Waals surface area contributed by atoms with Crippen molar-refractivity contribution in [3.63, 3.8) is 0 Å². The summed E-state index contributed by atoms with van der Waals surface area (Å²) in [4.78, 5) is 74.9. The largest absolute Gasteiger partial charge is 0.460 e. The highest BCUT2D eigenvalue weighted by Crippen LogP contribution is 2.15. The predicted molar refractivity (Wildman–Crippen MR) is 111 cm³/mol. The first kappa shape index (κ1) is 25.7. The lowest BCUT2D eigenvalue weighted by Gasteiger charge is -2.12. The summed E-state index contributed by atoms with van der Waals surface area (Å²) in [7, 11) is 0. The minimum atomic E-state index is -2.16. The maximum atomic E-state index is 12.1. The van der Waals surface area contributed by atoms with Gasteiger partial charge in [-0.2, -0.15) is 9.98 Å². The van der Waals surface area contributed by atoms with Crippen molar-refractivity contribution < 1.29 is 48.5 Å². The number of isocyanates is 2. The lowest BCUT2D eigenvalue weighted by atomic mass is 10.1. The molecule has 0 saturated carbocycles. The lowest BCUT2D eigenvalue weighted by Crippen LogP contribution is -2.34. The van der Waals surface area contributed by atoms with E-state index in [-0.39, 0.29) is 22.5 Å². The third-order valence-corrected chi connectivity index (χ3v) is 4.17. The number of carbonyl (C=O) groups excluding carboxylic acids is 6. The van der Waals surface area contributed by atoms with E-state index < -0.39 is 48.9 Å². The summed E-state index contributed by atoms with van der Waals surface area (Å²) in [5.74, 6) is -4.58. The molecule has 12 nitrogen and oxygen atoms in total. The van der Waals surface area contributed by atoms with Crippen molar-refractivity contribution >= 4 is 47.0 Å². The van der Waals surface area contributed by atoms with Crippen molar-refractivity contribution in [3.05, 3.63) is 59.7 Å². The van der Waals surface area contributed by atoms with Crippen molar-refractivity contribution in [3.8, 4) is 0 Å². The third kappa shape index (κ3) is 6.95. The summed E-state index contributed by atoms with van der Waals surface area (Å²) in [5.41, 5.74) is 0.340. The second kappa shape index (κ2) is 12.4. The molecule has 0 radical (unpaired) electrons. The fourth-order valence-corrected chi connectivity index (χ4v) is 2.48. The molecule has 0 fully saturated rings. The molecule has 0 aliphatic rings. The van der Waals surface area contributed by atoms with Crippen LogP contribution in [-0.2, 0) is 28.7 Å². The van der Waals surface area contributed by atoms with Crippen LogP contribution in [0, 0.1) is 0 Å². The summed E-state index contributed by atoms with van der Waals surface area (Å²) >= 11 is 0. The van der Waals surface area contributed by atoms with Gasteiger partial charge in [0.15, 0.2) is 0 Å². The van der Waals surface area contributed by atoms with E-state index in [0.717, 1.165) is 0 Å². The van der Waals surface area contributed by atoms with Gasteiger partial charge in [0, 0.05) is 11.1 Å². The second-order valence-electron chi connectivity index (χ2n) is 6.37. The zero-order valence-electron chi connectivity index (χ0n) is 17.2. The molecule has 0 aliphatic carbocycles. The van der Waals surface area contributed by atoms with Gasteiger partial charge in [-0.3, -0.25) is 9.59 Å². The Hall–Kier alpha value is -4.60. The molecule has 0 bridgehead atoms. The number of carbonyl (C=O) groups is 4. The first-order valence-corrected chi connectivity index (χ1v) is 9.42. The van der Waals surface area contributed by atoms with E-state index in [4.69, 9.17) is 0 Å². The highest BCUT2D eigenvalue weighted by Gasteiger charge is 2.28. The molecule has 2 aromatic carbocycles. The number of nitrogens with zero attached hydrogens (tertiary/aromatic N) is 2. The molecule has 174 valence electrons. The van der Waals surface area contributed by atoms with Crippen molar-refractivity contribution in [1.82, 2.24) is 0 Å². The fourth-order valence-electron chi connectivity index (χ4n) is 2.48. The third-order valence-electron chi connectivity index (χ3n) is 4.17. The van der Waals surface area contributed by atoms with Crippen LogP contribution in [0.25, 0.3) is 0 Å². The van der Waals surface area contributed by atoms with E-state index in [9.17, 15) is 39.0 Å². The smallest absolute Gasteiger partial charge is 0.343 e. The Labute approximate surface area is 191 Å². The summed E-state index contributed by atoms with van der Waals surface area (Å²) in [6, 6.07) is 10.1. The monoisotopic (exact) mass is 468 g/mol. The predicted octanol–water partition coefficient (Wildman–Crippen LogP) is 0.495. The molecule has 12 heteroatoms. The van der Waals surface area contributed by atoms with Gasteiger partial charge in [-0.25, -0.2) is 19.2 Å². The Bertz CT molecular complexity index is 1070. The molecule has 2 N–H and O–H groups in total. The Kier molecular flexibility index (Phi) is 9.39. The first-order chi connectivity index (χ1) is 16.3. The maximum absolute atomic E-state index is 12.1. The van der Waals surface area contributed by atoms with E-state index in [1.807, 2.05) is 0 Å². The molecule has 0 spiro atoms. The number of aliphatic imine (C=N–C) groups is 2. The van der Waals surface area contributed by atoms with Gasteiger partial charge in [0.05, 0.1) is 11.4 Å². The molecular weight excluding hydrogens is 452 g/mol. The number of aliphatic hydroxyl groups excluding tert-OH is 2. The van der Waals surface area contributed by atoms with Gasteiger partial charge in [0.2, 0.25) is 35.9 Å². The van der Waals surface area contributed by atoms with Gasteiger partial charge in [-0.15, -0.1) is 0 Å². The number of hydrogen-bond acceptors (Lipinski definition) is 12. The zero-order valence-corrected chi connectivity index (χ0v) is 17.2. The number of hydrogen-bond donors (Lipinski definition) is 2. The maximum Gasteiger partial charge on any atom is 0.343 e. The average molecular weight is 468 g/mol. The highest BCUT2D eigenvalue weighted by molar-refractivity contribution is 6.11. The molecule has 0 heterocycles. The van der Waals surface area contributed by atoms with Crippen LogP contribution in [0.1, 0.15) is 20.7 Å². The fraction of sp³-hybridized carbons (Fsp3) is 0.182. The molecule has 0 aliphatic heterocycles. The molecular formula is C22H16N2O10. The van der Waals surface area contributed by atoms with E-state index in [2.05, 4.69) is 19.5 Å². The SMILES string of the molecule is O=C=Nc1ccc(C(=O)C(O)C(=O)OCCOC(=O)C(O)C(=O)c2ccc(N=C=O)cc2)cc1. The van der Waals surface area contributed by atoms with Gasteiger partial charge in [-0.05, 0) is 48.5 Å². The molecule has 2 aromatic rings. The minimum Gasteiger partial charge on any atom is -0.460 e. The van der Waals surface area contributed by atoms with Crippen LogP contribution >= 0.6 is 0 Å². The molecule has 2 atom stereocenters. The van der Waals surface area contributed by atoms with Crippen LogP contribution < -0.4 is 0 Å². The summed E-state index contributed by atoms with van der Waals surface area (Å²) in [5, 5.41) is 19.7. The van der Waals surface area contributed by atoms with E-state index in [0.29, 0.717) is 0 Å². The van der Waals surface area contributed by atoms with Crippen molar-refractivity contribution in [2.24, 2.45) is 9.98 Å². The number of ether oxygens (including phenoxy) is 2. The van der Waals surface area contributed by atoms with E-state index >= 15 is 0 Å². The molecule has 2 unspecified atom stereocenters. The summed E-state index contributed by atoms with van der Waals surface area (Å²) in [6.45, 7) is -1.14. The minimum absolute atomic E-state index is 0.0478. The number of aliphatic hydroxyl groups is 2. The highest BCUT2D eigenvalue weighted by atomic mass is 16.6. The summed E-state index contributed by atoms with van der Waals surface area (Å²) < 4.78 is 9.31. The molecule has 0 aromatic heterocycles. The standard InChI is InChI=1S/C22H16N2O10/c25-11-23-15-5-1-13(2-6-15)17(27)19(29)21(31)33-9-10-34-22(32)20(30)18(28)14-3-7-16(8-4-14)24-12-26/h1-8,19-20,29-30H,9-10H2. The Morgan fingerprint density at radius 2 is 1.00 bits per heavy atom. The number of Topliss-reactive ketones (excluding diaryl/α,β-unsaturated/α-hetero) is 2. The van der Waals surface area contributed by atoms with Gasteiger partial charge in [0.1, 0.15) is 13.2 Å². The second-order valence-corrected chi connectivity index (χ2v) is 6.37. The Morgan fingerprint density at radius 1 is 0.676 bits per heavy atom. The number of rotatable bonds is 11. The Morgan fingerprint density at radius 3 is 1.29 bits per heavy atom. The van der Waals surface area contributed by atoms with Crippen LogP contribution in [0.3, 0.4) is 0 Å². The van der Waals surface area contributed by atoms with Gasteiger partial charge >= 0.3 is 11.9 Å². The molecule has 2 rings (SSSR count). The zero-order chi connectivity index (χ0) is 25.1.